The van der Waals surface area contributed by atoms with E-state index in [1.807, 2.05) is 0 Å². The molecule has 1 aromatic heterocycles. The van der Waals surface area contributed by atoms with Crippen LogP contribution in [0.5, 0.6) is 0 Å². The lowest BCUT2D eigenvalue weighted by Crippen LogP contribution is -2.36. The van der Waals surface area contributed by atoms with Gasteiger partial charge in [-0.2, -0.15) is 8.81 Å². The minimum Gasteiger partial charge on any atom is -0.369 e. The summed E-state index contributed by atoms with van der Waals surface area (Å²) >= 11 is 11.7. The van der Waals surface area contributed by atoms with Crippen molar-refractivity contribution in [1.82, 2.24) is 14.7 Å². The molecule has 0 aliphatic carbocycles. The van der Waals surface area contributed by atoms with E-state index in [0.29, 0.717) is 17.2 Å². The number of rotatable bonds is 8. The normalized spacial score (nSPS) is 15.0. The fourth-order valence-electron chi connectivity index (χ4n) is 2.72. The SMILES string of the molecule is CN(C)/C=N/c1c(N(S(C)(=O)=O)S(C)(=O)=O)c(C(N)=O)nn1-c1c(Cl)cc(S(F)(F)(F)(F)F)cc1Cl. The molecule has 0 atom stereocenters. The minimum absolute atomic E-state index is 0.167. The maximum absolute atomic E-state index is 13.3. The summed E-state index contributed by atoms with van der Waals surface area (Å²) in [6.07, 6.45) is 1.88. The monoisotopic (exact) mass is 622 g/mol. The van der Waals surface area contributed by atoms with Crippen LogP contribution in [0.1, 0.15) is 10.5 Å². The molecule has 1 heterocycles. The van der Waals surface area contributed by atoms with Gasteiger partial charge in [-0.25, -0.2) is 26.5 Å². The molecular formula is C15H17Cl2F5N6O5S3. The minimum atomic E-state index is -10.3. The largest absolute Gasteiger partial charge is 0.369 e. The molecule has 0 bridgehead atoms. The number of benzene rings is 1. The zero-order valence-electron chi connectivity index (χ0n) is 18.5. The van der Waals surface area contributed by atoms with Crippen molar-refractivity contribution in [3.8, 4) is 5.69 Å². The van der Waals surface area contributed by atoms with Crippen molar-refractivity contribution in [1.29, 1.82) is 0 Å². The number of hydrogen-bond acceptors (Lipinski definition) is 7. The Morgan fingerprint density at radius 2 is 1.50 bits per heavy atom. The highest BCUT2D eigenvalue weighted by molar-refractivity contribution is 8.45. The summed E-state index contributed by atoms with van der Waals surface area (Å²) in [6, 6.07) is -0.333. The number of nitrogens with zero attached hydrogens (tertiary/aromatic N) is 5. The molecule has 2 N–H and O–H groups in total. The Kier molecular flexibility index (Phi) is 6.92. The molecule has 36 heavy (non-hydrogen) atoms. The fourth-order valence-corrected chi connectivity index (χ4v) is 7.15. The molecule has 0 fully saturated rings. The molecule has 0 spiro atoms. The predicted molar refractivity (Wildman–Crippen MR) is 128 cm³/mol. The van der Waals surface area contributed by atoms with Gasteiger partial charge in [-0.05, 0) is 12.1 Å². The summed E-state index contributed by atoms with van der Waals surface area (Å²) in [6.45, 7) is 0. The third kappa shape index (κ3) is 6.31. The maximum atomic E-state index is 13.3. The summed E-state index contributed by atoms with van der Waals surface area (Å²) in [5.74, 6) is -2.30. The quantitative estimate of drug-likeness (QED) is 0.267. The van der Waals surface area contributed by atoms with Crippen LogP contribution in [0.4, 0.5) is 30.9 Å². The number of amides is 1. The Morgan fingerprint density at radius 1 is 1.06 bits per heavy atom. The van der Waals surface area contributed by atoms with Gasteiger partial charge in [-0.3, -0.25) is 4.79 Å². The molecule has 2 rings (SSSR count). The number of anilines is 1. The second kappa shape index (κ2) is 8.33. The lowest BCUT2D eigenvalue weighted by Gasteiger charge is -2.40. The van der Waals surface area contributed by atoms with E-state index in [9.17, 15) is 41.1 Å². The van der Waals surface area contributed by atoms with E-state index >= 15 is 0 Å². The maximum Gasteiger partial charge on any atom is 0.310 e. The van der Waals surface area contributed by atoms with E-state index in [0.717, 1.165) is 6.34 Å². The van der Waals surface area contributed by atoms with E-state index < -0.39 is 74.0 Å². The van der Waals surface area contributed by atoms with Gasteiger partial charge in [0, 0.05) is 14.1 Å². The van der Waals surface area contributed by atoms with Gasteiger partial charge in [0.15, 0.2) is 11.5 Å². The van der Waals surface area contributed by atoms with Gasteiger partial charge in [-0.15, -0.1) is 0 Å². The molecule has 0 aliphatic heterocycles. The van der Waals surface area contributed by atoms with Gasteiger partial charge in [0.25, 0.3) is 5.91 Å². The summed E-state index contributed by atoms with van der Waals surface area (Å²) < 4.78 is 116. The molecule has 2 aromatic rings. The second-order valence-corrected chi connectivity index (χ2v) is 14.5. The van der Waals surface area contributed by atoms with Crippen molar-refractivity contribution in [3.05, 3.63) is 27.9 Å². The molecular weight excluding hydrogens is 606 g/mol. The summed E-state index contributed by atoms with van der Waals surface area (Å²) in [4.78, 5) is 14.8. The first-order valence-corrected chi connectivity index (χ1v) is 15.2. The standard InChI is InChI=1S/C15H17Cl2F5N6O5S3/c1-26(2)7-24-15-13(28(34(3,30)31)35(4,32)33)11(14(23)29)25-27(15)12-9(16)5-8(6-10(12)17)36(18,19,20,21)22/h5-7H,1-4H3,(H2,23,29)/b24-7+. The van der Waals surface area contributed by atoms with Gasteiger partial charge >= 0.3 is 10.2 Å². The van der Waals surface area contributed by atoms with E-state index in [1.165, 1.54) is 19.0 Å². The van der Waals surface area contributed by atoms with Crippen molar-refractivity contribution in [2.75, 3.05) is 30.3 Å². The van der Waals surface area contributed by atoms with Crippen LogP contribution in [-0.4, -0.2) is 70.4 Å². The number of sulfonamides is 2. The Bertz CT molecular complexity index is 1460. The first-order chi connectivity index (χ1) is 15.8. The van der Waals surface area contributed by atoms with Crippen LogP contribution in [-0.2, 0) is 20.0 Å². The predicted octanol–water partition coefficient (Wildman–Crippen LogP) is 3.88. The van der Waals surface area contributed by atoms with Gasteiger partial charge in [0.05, 0.1) is 28.9 Å². The molecule has 1 aromatic carbocycles. The first kappa shape index (κ1) is 29.9. The van der Waals surface area contributed by atoms with Gasteiger partial charge < -0.3 is 10.6 Å². The summed E-state index contributed by atoms with van der Waals surface area (Å²) in [5, 5.41) is 1.50. The number of primary amides is 1. The molecule has 0 unspecified atom stereocenters. The van der Waals surface area contributed by atoms with Crippen LogP contribution in [0.15, 0.2) is 22.0 Å². The molecule has 0 saturated heterocycles. The Balaban J connectivity index is 3.16. The number of hydrogen-bond donors (Lipinski definition) is 1. The van der Waals surface area contributed by atoms with Crippen LogP contribution >= 0.6 is 33.4 Å². The third-order valence-corrected chi connectivity index (χ3v) is 8.81. The highest BCUT2D eigenvalue weighted by Gasteiger charge is 2.65. The fraction of sp³-hybridized carbons (Fsp3) is 0.267. The van der Waals surface area contributed by atoms with E-state index in [4.69, 9.17) is 28.9 Å². The van der Waals surface area contributed by atoms with E-state index in [1.54, 1.807) is 0 Å². The molecule has 0 aliphatic rings. The molecule has 21 heteroatoms. The molecule has 11 nitrogen and oxygen atoms in total. The zero-order valence-corrected chi connectivity index (χ0v) is 22.4. The van der Waals surface area contributed by atoms with E-state index in [-0.39, 0.29) is 15.8 Å². The topological polar surface area (TPSA) is 148 Å². The number of carbonyl (C=O) groups is 1. The van der Waals surface area contributed by atoms with Crippen LogP contribution in [0.3, 0.4) is 0 Å². The summed E-state index contributed by atoms with van der Waals surface area (Å²) in [7, 11) is -16.9. The van der Waals surface area contributed by atoms with Crippen LogP contribution < -0.4 is 9.44 Å². The molecule has 0 saturated carbocycles. The van der Waals surface area contributed by atoms with Crippen molar-refractivity contribution in [3.63, 3.8) is 0 Å². The molecule has 1 amide bonds. The highest BCUT2D eigenvalue weighted by Crippen LogP contribution is 3.02. The second-order valence-electron chi connectivity index (χ2n) is 7.43. The van der Waals surface area contributed by atoms with Crippen molar-refractivity contribution < 1.29 is 41.1 Å². The molecule has 0 radical (unpaired) electrons. The lowest BCUT2D eigenvalue weighted by atomic mass is 10.3. The highest BCUT2D eigenvalue weighted by atomic mass is 35.5. The Labute approximate surface area is 212 Å². The number of nitrogens with two attached hydrogens (primary N) is 1. The van der Waals surface area contributed by atoms with Gasteiger partial charge in [0.1, 0.15) is 16.3 Å². The number of halogens is 7. The average Bonchev–Trinajstić information content (AvgIpc) is 2.93. The van der Waals surface area contributed by atoms with Crippen molar-refractivity contribution in [2.24, 2.45) is 10.7 Å². The van der Waals surface area contributed by atoms with Gasteiger partial charge in [-0.1, -0.05) is 42.6 Å². The smallest absolute Gasteiger partial charge is 0.310 e. The van der Waals surface area contributed by atoms with Crippen LogP contribution in [0, 0.1) is 0 Å². The number of aliphatic imine (C=N–C) groups is 1. The van der Waals surface area contributed by atoms with Gasteiger partial charge in [0.2, 0.25) is 20.0 Å². The Morgan fingerprint density at radius 3 is 1.83 bits per heavy atom. The van der Waals surface area contributed by atoms with Crippen LogP contribution in [0.2, 0.25) is 10.0 Å². The summed E-state index contributed by atoms with van der Waals surface area (Å²) in [5.41, 5.74) is 2.43. The number of aromatic nitrogens is 2. The van der Waals surface area contributed by atoms with Crippen molar-refractivity contribution in [2.45, 2.75) is 4.90 Å². The lowest BCUT2D eigenvalue weighted by molar-refractivity contribution is 0.0996. The van der Waals surface area contributed by atoms with Crippen LogP contribution in [0.25, 0.3) is 5.69 Å². The van der Waals surface area contributed by atoms with E-state index in [2.05, 4.69) is 10.1 Å². The zero-order chi connectivity index (χ0) is 28.3. The Hall–Kier alpha value is -2.35. The third-order valence-electron chi connectivity index (χ3n) is 3.91. The number of carbonyl (C=O) groups excluding carboxylic acids is 1. The molecule has 204 valence electrons. The first-order valence-electron chi connectivity index (χ1n) is 8.83. The van der Waals surface area contributed by atoms with Crippen molar-refractivity contribution >= 4 is 77.2 Å². The average molecular weight is 623 g/mol.